The smallest absolute Gasteiger partial charge is 0.271 e. The van der Waals surface area contributed by atoms with Gasteiger partial charge >= 0.3 is 0 Å². The predicted octanol–water partition coefficient (Wildman–Crippen LogP) is 1.48. The van der Waals surface area contributed by atoms with Gasteiger partial charge in [-0.2, -0.15) is 4.98 Å². The fraction of sp³-hybridized carbons (Fsp3) is 0.556. The lowest BCUT2D eigenvalue weighted by molar-refractivity contribution is 0.379. The van der Waals surface area contributed by atoms with Gasteiger partial charge in [0.1, 0.15) is 4.88 Å². The van der Waals surface area contributed by atoms with Crippen molar-refractivity contribution in [1.29, 1.82) is 0 Å². The van der Waals surface area contributed by atoms with Crippen LogP contribution in [0.2, 0.25) is 0 Å². The molecule has 0 aromatic carbocycles. The van der Waals surface area contributed by atoms with Crippen LogP contribution in [0, 0.1) is 6.92 Å². The molecule has 0 saturated heterocycles. The maximum atomic E-state index is 6.03. The van der Waals surface area contributed by atoms with E-state index in [1.807, 2.05) is 20.8 Å². The summed E-state index contributed by atoms with van der Waals surface area (Å²) in [5.74, 6) is 0.949. The van der Waals surface area contributed by atoms with Gasteiger partial charge in [0, 0.05) is 0 Å². The topological polar surface area (TPSA) is 90.7 Å². The van der Waals surface area contributed by atoms with E-state index in [4.69, 9.17) is 10.3 Å². The molecular formula is C9H13N5OS. The average molecular weight is 239 g/mol. The number of nitrogens with two attached hydrogens (primary N) is 1. The normalized spacial score (nSPS) is 15.0. The summed E-state index contributed by atoms with van der Waals surface area (Å²) in [4.78, 5) is 5.08. The van der Waals surface area contributed by atoms with Crippen LogP contribution < -0.4 is 5.73 Å². The van der Waals surface area contributed by atoms with E-state index in [1.165, 1.54) is 11.5 Å². The van der Waals surface area contributed by atoms with Crippen LogP contribution in [-0.4, -0.2) is 19.7 Å². The highest BCUT2D eigenvalue weighted by molar-refractivity contribution is 7.09. The fourth-order valence-corrected chi connectivity index (χ4v) is 1.71. The van der Waals surface area contributed by atoms with Crippen LogP contribution in [0.5, 0.6) is 0 Å². The summed E-state index contributed by atoms with van der Waals surface area (Å²) in [7, 11) is 0. The lowest BCUT2D eigenvalue weighted by atomic mass is 10.0. The van der Waals surface area contributed by atoms with Gasteiger partial charge in [-0.15, -0.1) is 5.10 Å². The van der Waals surface area contributed by atoms with Gasteiger partial charge in [0.2, 0.25) is 0 Å². The summed E-state index contributed by atoms with van der Waals surface area (Å²) in [6.07, 6.45) is 0.742. The molecule has 86 valence electrons. The molecule has 1 unspecified atom stereocenters. The zero-order valence-corrected chi connectivity index (χ0v) is 10.2. The number of aryl methyl sites for hydroxylation is 1. The second-order valence-electron chi connectivity index (χ2n) is 3.88. The maximum absolute atomic E-state index is 6.03. The first-order valence-corrected chi connectivity index (χ1v) is 5.74. The van der Waals surface area contributed by atoms with Gasteiger partial charge in [-0.05, 0) is 31.8 Å². The Morgan fingerprint density at radius 3 is 2.81 bits per heavy atom. The Bertz CT molecular complexity index is 490. The van der Waals surface area contributed by atoms with Gasteiger partial charge in [-0.1, -0.05) is 16.6 Å². The second-order valence-corrected chi connectivity index (χ2v) is 4.64. The van der Waals surface area contributed by atoms with E-state index in [-0.39, 0.29) is 0 Å². The molecule has 0 bridgehead atoms. The molecule has 2 heterocycles. The molecule has 0 radical (unpaired) electrons. The van der Waals surface area contributed by atoms with E-state index in [2.05, 4.69) is 19.7 Å². The molecule has 0 aliphatic carbocycles. The lowest BCUT2D eigenvalue weighted by Gasteiger charge is -2.16. The maximum Gasteiger partial charge on any atom is 0.271 e. The van der Waals surface area contributed by atoms with Gasteiger partial charge in [0.25, 0.3) is 5.89 Å². The largest absolute Gasteiger partial charge is 0.333 e. The summed E-state index contributed by atoms with van der Waals surface area (Å²) < 4.78 is 8.99. The molecule has 16 heavy (non-hydrogen) atoms. The van der Waals surface area contributed by atoms with E-state index in [0.29, 0.717) is 11.7 Å². The third-order valence-corrected chi connectivity index (χ3v) is 3.33. The molecule has 2 aromatic heterocycles. The van der Waals surface area contributed by atoms with Crippen molar-refractivity contribution in [1.82, 2.24) is 19.7 Å². The first-order valence-electron chi connectivity index (χ1n) is 4.97. The summed E-state index contributed by atoms with van der Waals surface area (Å²) in [5, 5.41) is 7.79. The Hall–Kier alpha value is -1.34. The summed E-state index contributed by atoms with van der Waals surface area (Å²) in [5.41, 5.74) is 6.25. The Morgan fingerprint density at radius 1 is 1.50 bits per heavy atom. The van der Waals surface area contributed by atoms with E-state index < -0.39 is 5.54 Å². The molecule has 2 aromatic rings. The van der Waals surface area contributed by atoms with E-state index in [9.17, 15) is 0 Å². The molecule has 0 aliphatic heterocycles. The minimum Gasteiger partial charge on any atom is -0.333 e. The van der Waals surface area contributed by atoms with Crippen molar-refractivity contribution in [3.63, 3.8) is 0 Å². The molecule has 1 atom stereocenters. The standard InChI is InChI=1S/C9H13N5OS/c1-4-9(3,10)8-11-7(15-13-8)6-5(2)12-14-16-6/h4,10H2,1-3H3. The average Bonchev–Trinajstić information content (AvgIpc) is 2.85. The number of aromatic nitrogens is 4. The Kier molecular flexibility index (Phi) is 2.73. The molecule has 6 nitrogen and oxygen atoms in total. The first kappa shape index (κ1) is 11.2. The van der Waals surface area contributed by atoms with Gasteiger partial charge in [0.15, 0.2) is 5.82 Å². The number of hydrogen-bond acceptors (Lipinski definition) is 7. The molecular weight excluding hydrogens is 226 g/mol. The van der Waals surface area contributed by atoms with Crippen molar-refractivity contribution in [2.24, 2.45) is 5.73 Å². The summed E-state index contributed by atoms with van der Waals surface area (Å²) in [6, 6.07) is 0. The van der Waals surface area contributed by atoms with Crippen LogP contribution in [0.4, 0.5) is 0 Å². The van der Waals surface area contributed by atoms with Crippen molar-refractivity contribution < 1.29 is 4.52 Å². The number of hydrogen-bond donors (Lipinski definition) is 1. The molecule has 0 fully saturated rings. The van der Waals surface area contributed by atoms with Gasteiger partial charge in [0.05, 0.1) is 11.2 Å². The molecule has 2 N–H and O–H groups in total. The highest BCUT2D eigenvalue weighted by Gasteiger charge is 2.26. The zero-order valence-electron chi connectivity index (χ0n) is 9.39. The Balaban J connectivity index is 2.37. The van der Waals surface area contributed by atoms with E-state index >= 15 is 0 Å². The van der Waals surface area contributed by atoms with Crippen LogP contribution in [-0.2, 0) is 5.54 Å². The predicted molar refractivity (Wildman–Crippen MR) is 59.8 cm³/mol. The zero-order chi connectivity index (χ0) is 11.8. The van der Waals surface area contributed by atoms with Crippen molar-refractivity contribution in [3.8, 4) is 10.8 Å². The van der Waals surface area contributed by atoms with Gasteiger partial charge in [-0.25, -0.2) is 0 Å². The van der Waals surface area contributed by atoms with Crippen molar-refractivity contribution in [3.05, 3.63) is 11.5 Å². The first-order chi connectivity index (χ1) is 7.54. The molecule has 7 heteroatoms. The van der Waals surface area contributed by atoms with Crippen LogP contribution in [0.1, 0.15) is 31.8 Å². The third kappa shape index (κ3) is 1.83. The Labute approximate surface area is 97.0 Å². The lowest BCUT2D eigenvalue weighted by Crippen LogP contribution is -2.33. The SMILES string of the molecule is CCC(C)(N)c1noc(-c2snnc2C)n1. The molecule has 2 rings (SSSR count). The quantitative estimate of drug-likeness (QED) is 0.872. The molecule has 0 spiro atoms. The highest BCUT2D eigenvalue weighted by atomic mass is 32.1. The van der Waals surface area contributed by atoms with Gasteiger partial charge < -0.3 is 10.3 Å². The molecule has 0 saturated carbocycles. The Morgan fingerprint density at radius 2 is 2.25 bits per heavy atom. The number of rotatable bonds is 3. The summed E-state index contributed by atoms with van der Waals surface area (Å²) in [6.45, 7) is 5.71. The molecule has 0 amide bonds. The van der Waals surface area contributed by atoms with Crippen molar-refractivity contribution in [2.75, 3.05) is 0 Å². The van der Waals surface area contributed by atoms with Gasteiger partial charge in [-0.3, -0.25) is 0 Å². The van der Waals surface area contributed by atoms with E-state index in [0.717, 1.165) is 17.0 Å². The minimum absolute atomic E-state index is 0.438. The van der Waals surface area contributed by atoms with Crippen LogP contribution in [0.25, 0.3) is 10.8 Å². The second kappa shape index (κ2) is 3.91. The highest BCUT2D eigenvalue weighted by Crippen LogP contribution is 2.26. The third-order valence-electron chi connectivity index (χ3n) is 2.52. The fourth-order valence-electron chi connectivity index (χ4n) is 1.13. The molecule has 0 aliphatic rings. The van der Waals surface area contributed by atoms with Crippen molar-refractivity contribution >= 4 is 11.5 Å². The van der Waals surface area contributed by atoms with Crippen LogP contribution in [0.15, 0.2) is 4.52 Å². The van der Waals surface area contributed by atoms with Crippen LogP contribution >= 0.6 is 11.5 Å². The minimum atomic E-state index is -0.562. The van der Waals surface area contributed by atoms with Crippen molar-refractivity contribution in [2.45, 2.75) is 32.7 Å². The van der Waals surface area contributed by atoms with Crippen LogP contribution in [0.3, 0.4) is 0 Å². The monoisotopic (exact) mass is 239 g/mol. The summed E-state index contributed by atoms with van der Waals surface area (Å²) >= 11 is 1.24. The van der Waals surface area contributed by atoms with E-state index in [1.54, 1.807) is 0 Å². The number of nitrogens with zero attached hydrogens (tertiary/aromatic N) is 4.